The van der Waals surface area contributed by atoms with Crippen LogP contribution in [0.2, 0.25) is 5.15 Å². The minimum absolute atomic E-state index is 0.123. The third-order valence-electron chi connectivity index (χ3n) is 2.48. The molecule has 2 N–H and O–H groups in total. The van der Waals surface area contributed by atoms with Gasteiger partial charge in [0.25, 0.3) is 5.91 Å². The molecule has 6 nitrogen and oxygen atoms in total. The normalized spacial score (nSPS) is 10.1. The largest absolute Gasteiger partial charge is 0.478 e. The van der Waals surface area contributed by atoms with E-state index in [1.165, 1.54) is 30.6 Å². The number of aromatic carboxylic acids is 1. The molecule has 0 atom stereocenters. The Morgan fingerprint density at radius 2 is 2.00 bits per heavy atom. The summed E-state index contributed by atoms with van der Waals surface area (Å²) in [7, 11) is 0. The number of nitrogens with one attached hydrogen (secondary N) is 1. The monoisotopic (exact) mass is 291 g/mol. The molecule has 0 aromatic carbocycles. The van der Waals surface area contributed by atoms with Crippen LogP contribution in [0.3, 0.4) is 0 Å². The molecule has 2 heterocycles. The third-order valence-corrected chi connectivity index (χ3v) is 2.71. The van der Waals surface area contributed by atoms with Crippen molar-refractivity contribution in [2.24, 2.45) is 0 Å². The number of carbonyl (C=O) groups excluding carboxylic acids is 1. The molecule has 2 aromatic heterocycles. The molecule has 0 aliphatic heterocycles. The number of aromatic nitrogens is 2. The summed E-state index contributed by atoms with van der Waals surface area (Å²) >= 11 is 5.63. The van der Waals surface area contributed by atoms with Crippen LogP contribution >= 0.6 is 11.6 Å². The van der Waals surface area contributed by atoms with Crippen LogP contribution < -0.4 is 5.32 Å². The van der Waals surface area contributed by atoms with Crippen LogP contribution in [0.1, 0.15) is 26.4 Å². The van der Waals surface area contributed by atoms with Gasteiger partial charge in [0.2, 0.25) is 0 Å². The van der Waals surface area contributed by atoms with Gasteiger partial charge in [-0.3, -0.25) is 9.78 Å². The van der Waals surface area contributed by atoms with Gasteiger partial charge in [-0.1, -0.05) is 11.6 Å². The highest BCUT2D eigenvalue weighted by atomic mass is 35.5. The summed E-state index contributed by atoms with van der Waals surface area (Å²) in [6.07, 6.45) is 2.74. The van der Waals surface area contributed by atoms with E-state index >= 15 is 0 Å². The zero-order valence-electron chi connectivity index (χ0n) is 10.2. The van der Waals surface area contributed by atoms with E-state index in [0.717, 1.165) is 0 Å². The Hall–Kier alpha value is -2.47. The standard InChI is InChI=1S/C13H10ClN3O3/c14-11-2-1-9(6-16-11)12(18)17-7-10-5-8(13(19)20)3-4-15-10/h1-6H,7H2,(H,17,18)(H,19,20). The van der Waals surface area contributed by atoms with E-state index in [1.54, 1.807) is 6.07 Å². The summed E-state index contributed by atoms with van der Waals surface area (Å²) in [5.74, 6) is -1.38. The van der Waals surface area contributed by atoms with Gasteiger partial charge in [0.05, 0.1) is 23.4 Å². The highest BCUT2D eigenvalue weighted by molar-refractivity contribution is 6.29. The number of carbonyl (C=O) groups is 2. The third kappa shape index (κ3) is 3.52. The van der Waals surface area contributed by atoms with Gasteiger partial charge in [0, 0.05) is 12.4 Å². The number of rotatable bonds is 4. The quantitative estimate of drug-likeness (QED) is 0.837. The highest BCUT2D eigenvalue weighted by Gasteiger charge is 2.08. The number of pyridine rings is 2. The van der Waals surface area contributed by atoms with Crippen molar-refractivity contribution in [1.82, 2.24) is 15.3 Å². The van der Waals surface area contributed by atoms with Crippen molar-refractivity contribution in [2.45, 2.75) is 6.54 Å². The van der Waals surface area contributed by atoms with Crippen molar-refractivity contribution in [3.8, 4) is 0 Å². The molecule has 1 amide bonds. The van der Waals surface area contributed by atoms with Crippen molar-refractivity contribution in [2.75, 3.05) is 0 Å². The van der Waals surface area contributed by atoms with Gasteiger partial charge in [0.1, 0.15) is 5.15 Å². The molecule has 2 aromatic rings. The number of carboxylic acid groups (broad SMARTS) is 1. The molecule has 0 bridgehead atoms. The lowest BCUT2D eigenvalue weighted by Crippen LogP contribution is -2.23. The van der Waals surface area contributed by atoms with E-state index in [2.05, 4.69) is 15.3 Å². The zero-order valence-corrected chi connectivity index (χ0v) is 11.0. The van der Waals surface area contributed by atoms with E-state index in [0.29, 0.717) is 16.4 Å². The second kappa shape index (κ2) is 6.12. The number of hydrogen-bond donors (Lipinski definition) is 2. The first-order chi connectivity index (χ1) is 9.56. The van der Waals surface area contributed by atoms with E-state index in [-0.39, 0.29) is 18.0 Å². The van der Waals surface area contributed by atoms with Crippen molar-refractivity contribution < 1.29 is 14.7 Å². The Balaban J connectivity index is 2.01. The number of nitrogens with zero attached hydrogens (tertiary/aromatic N) is 2. The average Bonchev–Trinajstić information content (AvgIpc) is 2.46. The predicted molar refractivity (Wildman–Crippen MR) is 71.6 cm³/mol. The SMILES string of the molecule is O=C(O)c1ccnc(CNC(=O)c2ccc(Cl)nc2)c1. The first-order valence-corrected chi connectivity index (χ1v) is 6.02. The number of hydrogen-bond acceptors (Lipinski definition) is 4. The molecule has 0 aliphatic rings. The maximum absolute atomic E-state index is 11.8. The fourth-order valence-electron chi connectivity index (χ4n) is 1.49. The molecule has 0 spiro atoms. The molecule has 0 fully saturated rings. The summed E-state index contributed by atoms with van der Waals surface area (Å²) in [4.78, 5) is 30.4. The van der Waals surface area contributed by atoms with Crippen LogP contribution in [0, 0.1) is 0 Å². The van der Waals surface area contributed by atoms with Gasteiger partial charge in [-0.2, -0.15) is 0 Å². The second-order valence-corrected chi connectivity index (χ2v) is 4.28. The van der Waals surface area contributed by atoms with Crippen molar-refractivity contribution in [3.63, 3.8) is 0 Å². The van der Waals surface area contributed by atoms with Gasteiger partial charge in [0.15, 0.2) is 0 Å². The van der Waals surface area contributed by atoms with Crippen LogP contribution in [-0.4, -0.2) is 27.0 Å². The molecule has 0 saturated carbocycles. The Kier molecular flexibility index (Phi) is 4.27. The fourth-order valence-corrected chi connectivity index (χ4v) is 1.60. The van der Waals surface area contributed by atoms with Crippen LogP contribution in [0.25, 0.3) is 0 Å². The lowest BCUT2D eigenvalue weighted by Gasteiger charge is -2.05. The summed E-state index contributed by atoms with van der Waals surface area (Å²) < 4.78 is 0. The molecular formula is C13H10ClN3O3. The first-order valence-electron chi connectivity index (χ1n) is 5.64. The fraction of sp³-hybridized carbons (Fsp3) is 0.0769. The Morgan fingerprint density at radius 3 is 2.65 bits per heavy atom. The van der Waals surface area contributed by atoms with Crippen LogP contribution in [0.4, 0.5) is 0 Å². The minimum atomic E-state index is -1.04. The Bertz CT molecular complexity index is 644. The molecule has 7 heteroatoms. The van der Waals surface area contributed by atoms with Crippen LogP contribution in [0.5, 0.6) is 0 Å². The lowest BCUT2D eigenvalue weighted by atomic mass is 10.2. The number of carboxylic acids is 1. The maximum Gasteiger partial charge on any atom is 0.335 e. The van der Waals surface area contributed by atoms with E-state index in [4.69, 9.17) is 16.7 Å². The summed E-state index contributed by atoms with van der Waals surface area (Å²) in [6, 6.07) is 5.85. The molecular weight excluding hydrogens is 282 g/mol. The van der Waals surface area contributed by atoms with E-state index in [1.807, 2.05) is 0 Å². The minimum Gasteiger partial charge on any atom is -0.478 e. The van der Waals surface area contributed by atoms with Gasteiger partial charge >= 0.3 is 5.97 Å². The smallest absolute Gasteiger partial charge is 0.335 e. The molecule has 0 aliphatic carbocycles. The van der Waals surface area contributed by atoms with Crippen LogP contribution in [0.15, 0.2) is 36.7 Å². The summed E-state index contributed by atoms with van der Waals surface area (Å²) in [6.45, 7) is 0.128. The van der Waals surface area contributed by atoms with Gasteiger partial charge in [-0.25, -0.2) is 9.78 Å². The Morgan fingerprint density at radius 1 is 1.20 bits per heavy atom. The molecule has 20 heavy (non-hydrogen) atoms. The molecule has 2 rings (SSSR count). The number of amides is 1. The number of halogens is 1. The molecule has 0 saturated heterocycles. The van der Waals surface area contributed by atoms with Gasteiger partial charge in [-0.05, 0) is 24.3 Å². The first kappa shape index (κ1) is 14.0. The Labute approximate surface area is 119 Å². The van der Waals surface area contributed by atoms with E-state index < -0.39 is 5.97 Å². The summed E-state index contributed by atoms with van der Waals surface area (Å²) in [5.41, 5.74) is 0.946. The average molecular weight is 292 g/mol. The van der Waals surface area contributed by atoms with E-state index in [9.17, 15) is 9.59 Å². The van der Waals surface area contributed by atoms with Crippen LogP contribution in [-0.2, 0) is 6.54 Å². The topological polar surface area (TPSA) is 92.2 Å². The highest BCUT2D eigenvalue weighted by Crippen LogP contribution is 2.06. The summed E-state index contributed by atoms with van der Waals surface area (Å²) in [5, 5.41) is 11.8. The molecule has 0 unspecified atom stereocenters. The second-order valence-electron chi connectivity index (χ2n) is 3.89. The van der Waals surface area contributed by atoms with Crippen molar-refractivity contribution in [3.05, 3.63) is 58.6 Å². The lowest BCUT2D eigenvalue weighted by molar-refractivity contribution is 0.0696. The molecule has 102 valence electrons. The van der Waals surface area contributed by atoms with Crippen molar-refractivity contribution >= 4 is 23.5 Å². The van der Waals surface area contributed by atoms with Gasteiger partial charge < -0.3 is 10.4 Å². The molecule has 0 radical (unpaired) electrons. The van der Waals surface area contributed by atoms with Crippen molar-refractivity contribution in [1.29, 1.82) is 0 Å². The van der Waals surface area contributed by atoms with Gasteiger partial charge in [-0.15, -0.1) is 0 Å². The maximum atomic E-state index is 11.8. The predicted octanol–water partition coefficient (Wildman–Crippen LogP) is 1.76. The zero-order chi connectivity index (χ0) is 14.5.